The van der Waals surface area contributed by atoms with Gasteiger partial charge in [-0.1, -0.05) is 53.9 Å². The Bertz CT molecular complexity index is 270. The number of hydrogen-bond acceptors (Lipinski definition) is 2. The van der Waals surface area contributed by atoms with Crippen LogP contribution in [0.2, 0.25) is 11.6 Å². The van der Waals surface area contributed by atoms with Crippen molar-refractivity contribution in [1.29, 1.82) is 0 Å². The predicted molar refractivity (Wildman–Crippen MR) is 84.6 cm³/mol. The van der Waals surface area contributed by atoms with Crippen molar-refractivity contribution in [1.82, 2.24) is 0 Å². The molecule has 19 heavy (non-hydrogen) atoms. The van der Waals surface area contributed by atoms with E-state index in [1.807, 2.05) is 14.2 Å². The fourth-order valence-corrected chi connectivity index (χ4v) is 9.34. The highest BCUT2D eigenvalue weighted by molar-refractivity contribution is 6.69. The minimum atomic E-state index is -2.11. The van der Waals surface area contributed by atoms with E-state index < -0.39 is 8.56 Å². The lowest BCUT2D eigenvalue weighted by Gasteiger charge is -2.43. The Morgan fingerprint density at radius 3 is 2.00 bits per heavy atom. The summed E-state index contributed by atoms with van der Waals surface area (Å²) in [5.74, 6) is 1.48. The van der Waals surface area contributed by atoms with Crippen LogP contribution in [0.4, 0.5) is 0 Å². The van der Waals surface area contributed by atoms with E-state index in [0.717, 1.165) is 17.9 Å². The van der Waals surface area contributed by atoms with Gasteiger partial charge in [0.05, 0.1) is 0 Å². The third-order valence-corrected chi connectivity index (χ3v) is 10.4. The Morgan fingerprint density at radius 2 is 1.68 bits per heavy atom. The summed E-state index contributed by atoms with van der Waals surface area (Å²) < 4.78 is 12.3. The van der Waals surface area contributed by atoms with Crippen molar-refractivity contribution in [2.24, 2.45) is 17.3 Å². The Labute approximate surface area is 121 Å². The highest BCUT2D eigenvalue weighted by Gasteiger charge is 2.56. The minimum absolute atomic E-state index is 0.365. The van der Waals surface area contributed by atoms with E-state index >= 15 is 0 Å². The second-order valence-corrected chi connectivity index (χ2v) is 10.6. The van der Waals surface area contributed by atoms with Gasteiger partial charge in [-0.05, 0) is 29.7 Å². The smallest absolute Gasteiger partial charge is 0.341 e. The maximum absolute atomic E-state index is 6.13. The molecule has 1 fully saturated rings. The molecular formula is C16H34O2Si. The van der Waals surface area contributed by atoms with Crippen LogP contribution in [0.1, 0.15) is 60.3 Å². The van der Waals surface area contributed by atoms with Crippen molar-refractivity contribution < 1.29 is 8.85 Å². The molecule has 1 aliphatic rings. The molecule has 0 bridgehead atoms. The molecule has 1 saturated carbocycles. The highest BCUT2D eigenvalue weighted by Crippen LogP contribution is 2.57. The van der Waals surface area contributed by atoms with Crippen LogP contribution in [0.25, 0.3) is 0 Å². The standard InChI is InChI=1S/C16H34O2Si/c1-8-14(9-2)12-19(17-6,18-7)15-13(3)10-11-16(15,4)5/h13-15H,8-12H2,1-7H3. The summed E-state index contributed by atoms with van der Waals surface area (Å²) in [6.45, 7) is 11.8. The van der Waals surface area contributed by atoms with Gasteiger partial charge in [-0.3, -0.25) is 0 Å². The van der Waals surface area contributed by atoms with Crippen molar-refractivity contribution >= 4 is 8.56 Å². The van der Waals surface area contributed by atoms with Gasteiger partial charge >= 0.3 is 8.56 Å². The van der Waals surface area contributed by atoms with Crippen LogP contribution in [0.3, 0.4) is 0 Å². The largest absolute Gasteiger partial charge is 0.397 e. The van der Waals surface area contributed by atoms with E-state index in [9.17, 15) is 0 Å². The third kappa shape index (κ3) is 3.42. The quantitative estimate of drug-likeness (QED) is 0.614. The molecule has 2 atom stereocenters. The predicted octanol–water partition coefficient (Wildman–Crippen LogP) is 4.98. The van der Waals surface area contributed by atoms with Gasteiger partial charge in [-0.15, -0.1) is 0 Å². The summed E-state index contributed by atoms with van der Waals surface area (Å²) >= 11 is 0. The normalized spacial score (nSPS) is 27.2. The summed E-state index contributed by atoms with van der Waals surface area (Å²) in [4.78, 5) is 0. The minimum Gasteiger partial charge on any atom is -0.397 e. The Kier molecular flexibility index (Phi) is 6.09. The van der Waals surface area contributed by atoms with Crippen molar-refractivity contribution in [3.05, 3.63) is 0 Å². The maximum atomic E-state index is 6.13. The fourth-order valence-electron chi connectivity index (χ4n) is 4.33. The van der Waals surface area contributed by atoms with Crippen molar-refractivity contribution in [2.45, 2.75) is 71.9 Å². The van der Waals surface area contributed by atoms with Crippen molar-refractivity contribution in [3.8, 4) is 0 Å². The lowest BCUT2D eigenvalue weighted by Crippen LogP contribution is -2.51. The van der Waals surface area contributed by atoms with E-state index in [4.69, 9.17) is 8.85 Å². The average Bonchev–Trinajstić information content (AvgIpc) is 2.67. The molecular weight excluding hydrogens is 252 g/mol. The average molecular weight is 287 g/mol. The summed E-state index contributed by atoms with van der Waals surface area (Å²) in [6, 6.07) is 1.16. The SMILES string of the molecule is CCC(CC)C[Si](OC)(OC)C1C(C)CCC1(C)C. The molecule has 3 heteroatoms. The van der Waals surface area contributed by atoms with E-state index in [2.05, 4.69) is 34.6 Å². The lowest BCUT2D eigenvalue weighted by molar-refractivity contribution is 0.182. The highest BCUT2D eigenvalue weighted by atomic mass is 28.4. The zero-order valence-corrected chi connectivity index (χ0v) is 15.1. The molecule has 0 N–H and O–H groups in total. The molecule has 0 spiro atoms. The molecule has 0 saturated heterocycles. The Morgan fingerprint density at radius 1 is 1.16 bits per heavy atom. The molecule has 1 rings (SSSR count). The zero-order chi connectivity index (χ0) is 14.7. The summed E-state index contributed by atoms with van der Waals surface area (Å²) in [5.41, 5.74) is 0.986. The second-order valence-electron chi connectivity index (χ2n) is 7.09. The molecule has 0 aromatic carbocycles. The maximum Gasteiger partial charge on any atom is 0.341 e. The van der Waals surface area contributed by atoms with E-state index in [1.54, 1.807) is 0 Å². The van der Waals surface area contributed by atoms with E-state index in [-0.39, 0.29) is 0 Å². The van der Waals surface area contributed by atoms with Crippen LogP contribution in [0.5, 0.6) is 0 Å². The Balaban J connectivity index is 3.03. The van der Waals surface area contributed by atoms with Gasteiger partial charge in [0.25, 0.3) is 0 Å². The molecule has 2 nitrogen and oxygen atoms in total. The zero-order valence-electron chi connectivity index (χ0n) is 14.1. The van der Waals surface area contributed by atoms with Gasteiger partial charge < -0.3 is 8.85 Å². The van der Waals surface area contributed by atoms with Crippen LogP contribution in [0, 0.1) is 17.3 Å². The topological polar surface area (TPSA) is 18.5 Å². The third-order valence-electron chi connectivity index (χ3n) is 5.55. The monoisotopic (exact) mass is 286 g/mol. The Hall–Kier alpha value is 0.137. The van der Waals surface area contributed by atoms with Crippen molar-refractivity contribution in [2.75, 3.05) is 14.2 Å². The first kappa shape index (κ1) is 17.2. The molecule has 114 valence electrons. The number of hydrogen-bond donors (Lipinski definition) is 0. The van der Waals surface area contributed by atoms with Crippen LogP contribution in [0.15, 0.2) is 0 Å². The van der Waals surface area contributed by atoms with Gasteiger partial charge in [-0.25, -0.2) is 0 Å². The molecule has 0 aliphatic heterocycles. The molecule has 0 aromatic heterocycles. The van der Waals surface area contributed by atoms with Gasteiger partial charge in [0.15, 0.2) is 0 Å². The molecule has 1 aliphatic carbocycles. The fraction of sp³-hybridized carbons (Fsp3) is 1.00. The van der Waals surface area contributed by atoms with E-state index in [0.29, 0.717) is 11.0 Å². The molecule has 0 amide bonds. The molecule has 0 radical (unpaired) electrons. The first-order valence-corrected chi connectivity index (χ1v) is 10.1. The van der Waals surface area contributed by atoms with Crippen LogP contribution >= 0.6 is 0 Å². The van der Waals surface area contributed by atoms with Crippen LogP contribution < -0.4 is 0 Å². The van der Waals surface area contributed by atoms with Crippen LogP contribution in [-0.4, -0.2) is 22.8 Å². The number of rotatable bonds is 7. The molecule has 0 aromatic rings. The van der Waals surface area contributed by atoms with Crippen LogP contribution in [-0.2, 0) is 8.85 Å². The lowest BCUT2D eigenvalue weighted by atomic mass is 9.90. The van der Waals surface area contributed by atoms with Gasteiger partial charge in [-0.2, -0.15) is 0 Å². The molecule has 0 heterocycles. The van der Waals surface area contributed by atoms with E-state index in [1.165, 1.54) is 25.7 Å². The summed E-state index contributed by atoms with van der Waals surface area (Å²) in [7, 11) is 1.66. The second kappa shape index (κ2) is 6.73. The summed E-state index contributed by atoms with van der Waals surface area (Å²) in [6.07, 6.45) is 5.10. The molecule has 2 unspecified atom stereocenters. The van der Waals surface area contributed by atoms with Gasteiger partial charge in [0.2, 0.25) is 0 Å². The van der Waals surface area contributed by atoms with Gasteiger partial charge in [0, 0.05) is 19.8 Å². The summed E-state index contributed by atoms with van der Waals surface area (Å²) in [5, 5.41) is 0. The first-order chi connectivity index (χ1) is 8.86. The van der Waals surface area contributed by atoms with Gasteiger partial charge in [0.1, 0.15) is 0 Å². The van der Waals surface area contributed by atoms with Crippen molar-refractivity contribution in [3.63, 3.8) is 0 Å². The first-order valence-electron chi connectivity index (χ1n) is 7.97.